The van der Waals surface area contributed by atoms with Gasteiger partial charge in [0, 0.05) is 30.6 Å². The molecule has 0 aliphatic heterocycles. The lowest BCUT2D eigenvalue weighted by Crippen LogP contribution is -2.06. The molecule has 166 valence electrons. The molecule has 0 aliphatic carbocycles. The standard InChI is InChI=1S/C23H19N5O3S2/c1-12-18-19(20(22(29)30)33(12)24)28(13(2)25-18)11-14-7-9-15(10-8-14)16-5-3-4-6-17(16)21-26-23(31)32-27-21/h3-10H,11,24H2,1-2H3,(H-,26,27,29,30,31)/p+1. The van der Waals surface area contributed by atoms with Gasteiger partial charge >= 0.3 is 15.7 Å². The molecular weight excluding hydrogens is 458 g/mol. The van der Waals surface area contributed by atoms with Gasteiger partial charge < -0.3 is 9.67 Å². The zero-order valence-corrected chi connectivity index (χ0v) is 19.5. The van der Waals surface area contributed by atoms with Crippen molar-refractivity contribution in [1.82, 2.24) is 18.9 Å². The van der Waals surface area contributed by atoms with Gasteiger partial charge in [0.1, 0.15) is 11.3 Å². The highest BCUT2D eigenvalue weighted by molar-refractivity contribution is 7.34. The number of carboxylic acid groups (broad SMARTS) is 1. The summed E-state index contributed by atoms with van der Waals surface area (Å²) in [6.07, 6.45) is 0. The number of nitrogens with two attached hydrogens (primary N) is 1. The van der Waals surface area contributed by atoms with Crippen LogP contribution in [0.2, 0.25) is 0 Å². The second kappa shape index (κ2) is 8.07. The number of hydrogen-bond acceptors (Lipinski definition) is 6. The number of carboxylic acids is 1. The topological polar surface area (TPSA) is 127 Å². The van der Waals surface area contributed by atoms with Crippen LogP contribution in [0.4, 0.5) is 0 Å². The van der Waals surface area contributed by atoms with Crippen molar-refractivity contribution in [2.75, 3.05) is 5.14 Å². The average Bonchev–Trinajstić information content (AvgIpc) is 3.44. The molecule has 0 bridgehead atoms. The third-order valence-corrected chi connectivity index (χ3v) is 7.88. The first-order valence-electron chi connectivity index (χ1n) is 10.1. The Balaban J connectivity index is 1.53. The van der Waals surface area contributed by atoms with Crippen molar-refractivity contribution in [3.8, 4) is 22.5 Å². The van der Waals surface area contributed by atoms with E-state index in [2.05, 4.69) is 14.3 Å². The molecule has 0 saturated heterocycles. The normalized spacial score (nSPS) is 11.9. The maximum Gasteiger partial charge on any atom is 0.393 e. The van der Waals surface area contributed by atoms with Crippen LogP contribution in [0, 0.1) is 13.8 Å². The minimum Gasteiger partial charge on any atom is -0.474 e. The van der Waals surface area contributed by atoms with Crippen molar-refractivity contribution < 1.29 is 9.90 Å². The molecule has 10 heteroatoms. The average molecular weight is 479 g/mol. The number of carbonyl (C=O) groups is 1. The summed E-state index contributed by atoms with van der Waals surface area (Å²) in [5.41, 5.74) is 5.09. The van der Waals surface area contributed by atoms with Crippen molar-refractivity contribution in [1.29, 1.82) is 0 Å². The summed E-state index contributed by atoms with van der Waals surface area (Å²) < 4.78 is 6.14. The van der Waals surface area contributed by atoms with Crippen LogP contribution in [0.15, 0.2) is 53.3 Å². The Morgan fingerprint density at radius 3 is 2.48 bits per heavy atom. The van der Waals surface area contributed by atoms with Crippen LogP contribution < -0.4 is 10.0 Å². The molecule has 5 rings (SSSR count). The second-order valence-electron chi connectivity index (χ2n) is 7.66. The number of H-pyrrole nitrogens is 1. The predicted molar refractivity (Wildman–Crippen MR) is 132 cm³/mol. The largest absolute Gasteiger partial charge is 0.474 e. The number of nitrogen functional groups attached to an aromatic ring is 1. The summed E-state index contributed by atoms with van der Waals surface area (Å²) in [5, 5.41) is 15.9. The fraction of sp³-hybridized carbons (Fsp3) is 0.130. The van der Waals surface area contributed by atoms with Crippen molar-refractivity contribution in [3.05, 3.63) is 79.3 Å². The van der Waals surface area contributed by atoms with E-state index in [1.807, 2.05) is 66.9 Å². The molecule has 4 N–H and O–H groups in total. The molecule has 2 aromatic carbocycles. The summed E-state index contributed by atoms with van der Waals surface area (Å²) in [7, 11) is -0.955. The summed E-state index contributed by atoms with van der Waals surface area (Å²) in [4.78, 5) is 31.7. The highest BCUT2D eigenvalue weighted by Crippen LogP contribution is 2.37. The Morgan fingerprint density at radius 2 is 1.85 bits per heavy atom. The van der Waals surface area contributed by atoms with E-state index in [1.165, 1.54) is 0 Å². The Bertz CT molecular complexity index is 1570. The number of fused-ring (bicyclic) bond motifs is 1. The third kappa shape index (κ3) is 3.58. The van der Waals surface area contributed by atoms with Crippen LogP contribution in [0.1, 0.15) is 25.9 Å². The quantitative estimate of drug-likeness (QED) is 0.323. The van der Waals surface area contributed by atoms with Gasteiger partial charge in [0.05, 0.1) is 10.7 Å². The van der Waals surface area contributed by atoms with Crippen molar-refractivity contribution in [3.63, 3.8) is 0 Å². The lowest BCUT2D eigenvalue weighted by atomic mass is 9.98. The smallest absolute Gasteiger partial charge is 0.393 e. The monoisotopic (exact) mass is 478 g/mol. The zero-order chi connectivity index (χ0) is 23.3. The number of aromatic carboxylic acids is 1. The Hall–Kier alpha value is -3.60. The molecule has 0 saturated carbocycles. The van der Waals surface area contributed by atoms with Crippen molar-refractivity contribution in [2.45, 2.75) is 20.4 Å². The summed E-state index contributed by atoms with van der Waals surface area (Å²) >= 11 is 0.897. The van der Waals surface area contributed by atoms with Crippen LogP contribution in [0.25, 0.3) is 33.5 Å². The van der Waals surface area contributed by atoms with E-state index in [0.717, 1.165) is 44.5 Å². The molecule has 0 spiro atoms. The molecule has 8 nitrogen and oxygen atoms in total. The third-order valence-electron chi connectivity index (χ3n) is 5.68. The molecule has 3 heterocycles. The molecule has 3 aromatic heterocycles. The molecule has 1 atom stereocenters. The number of nitrogens with zero attached hydrogens (tertiary/aromatic N) is 3. The highest BCUT2D eigenvalue weighted by atomic mass is 32.2. The van der Waals surface area contributed by atoms with E-state index < -0.39 is 16.6 Å². The maximum absolute atomic E-state index is 11.9. The lowest BCUT2D eigenvalue weighted by Gasteiger charge is -2.10. The van der Waals surface area contributed by atoms with Gasteiger partial charge in [0.15, 0.2) is 16.2 Å². The van der Waals surface area contributed by atoms with Gasteiger partial charge in [0.25, 0.3) is 0 Å². The van der Waals surface area contributed by atoms with E-state index >= 15 is 0 Å². The number of thiophene rings is 1. The number of aromatic nitrogens is 4. The first kappa shape index (κ1) is 21.3. The Kier molecular flexibility index (Phi) is 5.20. The minimum atomic E-state index is -1.01. The minimum absolute atomic E-state index is 0.191. The summed E-state index contributed by atoms with van der Waals surface area (Å²) in [5.74, 6) is 0.290. The second-order valence-corrected chi connectivity index (χ2v) is 10.1. The van der Waals surface area contributed by atoms with Gasteiger partial charge in [-0.3, -0.25) is 9.78 Å². The molecule has 0 amide bonds. The van der Waals surface area contributed by atoms with Crippen molar-refractivity contribution >= 4 is 39.2 Å². The van der Waals surface area contributed by atoms with Gasteiger partial charge in [-0.1, -0.05) is 48.5 Å². The van der Waals surface area contributed by atoms with Crippen LogP contribution in [-0.2, 0) is 6.54 Å². The van der Waals surface area contributed by atoms with E-state index in [4.69, 9.17) is 5.14 Å². The van der Waals surface area contributed by atoms with Gasteiger partial charge in [-0.25, -0.2) is 9.78 Å². The SMILES string of the molecule is Cc1nc2c(C)[s+](N)c(C(=O)O)c2n1Cc1ccc(-c2ccccc2-c2nsc(=O)[nH]2)cc1. The molecule has 1 unspecified atom stereocenters. The number of aromatic amines is 1. The molecular formula is C23H20N5O3S2+. The van der Waals surface area contributed by atoms with E-state index in [9.17, 15) is 14.7 Å². The van der Waals surface area contributed by atoms with E-state index in [-0.39, 0.29) is 9.75 Å². The van der Waals surface area contributed by atoms with Crippen LogP contribution in [-0.4, -0.2) is 30.0 Å². The van der Waals surface area contributed by atoms with Gasteiger partial charge in [-0.05, 0) is 23.6 Å². The van der Waals surface area contributed by atoms with Gasteiger partial charge in [0.2, 0.25) is 0 Å². The van der Waals surface area contributed by atoms with Gasteiger partial charge in [-0.15, -0.1) is 5.14 Å². The summed E-state index contributed by atoms with van der Waals surface area (Å²) in [6.45, 7) is 4.20. The number of nitrogens with one attached hydrogen (secondary N) is 1. The molecule has 33 heavy (non-hydrogen) atoms. The molecule has 0 aliphatic rings. The maximum atomic E-state index is 11.9. The predicted octanol–water partition coefficient (Wildman–Crippen LogP) is 4.34. The fourth-order valence-corrected chi connectivity index (χ4v) is 5.77. The Morgan fingerprint density at radius 1 is 1.15 bits per heavy atom. The van der Waals surface area contributed by atoms with E-state index in [1.54, 1.807) is 0 Å². The number of imidazole rings is 1. The first-order valence-corrected chi connectivity index (χ1v) is 12.2. The lowest BCUT2D eigenvalue weighted by molar-refractivity contribution is 0.0703. The highest BCUT2D eigenvalue weighted by Gasteiger charge is 2.33. The van der Waals surface area contributed by atoms with Crippen LogP contribution >= 0.6 is 22.2 Å². The summed E-state index contributed by atoms with van der Waals surface area (Å²) in [6, 6.07) is 15.8. The van der Waals surface area contributed by atoms with E-state index in [0.29, 0.717) is 23.4 Å². The van der Waals surface area contributed by atoms with Crippen molar-refractivity contribution in [2.24, 2.45) is 0 Å². The molecule has 5 aromatic rings. The van der Waals surface area contributed by atoms with Gasteiger partial charge in [-0.2, -0.15) is 4.37 Å². The number of hydrogen-bond donors (Lipinski definition) is 3. The van der Waals surface area contributed by atoms with Crippen LogP contribution in [0.3, 0.4) is 0 Å². The zero-order valence-electron chi connectivity index (χ0n) is 17.8. The fourth-order valence-electron chi connectivity index (χ4n) is 4.05. The Labute approximate surface area is 195 Å². The molecule has 0 fully saturated rings. The van der Waals surface area contributed by atoms with Crippen LogP contribution in [0.5, 0.6) is 0 Å². The number of aryl methyl sites for hydroxylation is 2. The number of rotatable bonds is 5. The molecule has 0 radical (unpaired) electrons. The first-order chi connectivity index (χ1) is 15.8. The number of benzene rings is 2.